The van der Waals surface area contributed by atoms with Crippen LogP contribution in [0, 0.1) is 0 Å². The molecule has 6 heteroatoms. The molecule has 0 aliphatic heterocycles. The fraction of sp³-hybridized carbons (Fsp3) is 0.118. The SMILES string of the molecule is O=C(Cc1cn(Cc2cccc(Cl)c2)cn1)c1cncc(Br)c1. The lowest BCUT2D eigenvalue weighted by Gasteiger charge is -2.02. The first-order chi connectivity index (χ1) is 11.1. The Balaban J connectivity index is 1.68. The predicted octanol–water partition coefficient (Wildman–Crippen LogP) is 4.17. The molecule has 0 N–H and O–H groups in total. The molecule has 0 aliphatic rings. The van der Waals surface area contributed by atoms with Crippen LogP contribution in [0.5, 0.6) is 0 Å². The molecule has 0 fully saturated rings. The van der Waals surface area contributed by atoms with E-state index in [0.29, 0.717) is 17.1 Å². The van der Waals surface area contributed by atoms with Gasteiger partial charge in [-0.15, -0.1) is 0 Å². The first-order valence-electron chi connectivity index (χ1n) is 6.99. The van der Waals surface area contributed by atoms with E-state index in [1.807, 2.05) is 35.0 Å². The molecule has 0 saturated carbocycles. The fourth-order valence-electron chi connectivity index (χ4n) is 2.26. The molecule has 2 heterocycles. The molecular formula is C17H13BrClN3O. The van der Waals surface area contributed by atoms with E-state index in [4.69, 9.17) is 11.6 Å². The lowest BCUT2D eigenvalue weighted by molar-refractivity contribution is 0.0991. The summed E-state index contributed by atoms with van der Waals surface area (Å²) in [5.74, 6) is -0.00759. The van der Waals surface area contributed by atoms with Gasteiger partial charge in [0.25, 0.3) is 0 Å². The van der Waals surface area contributed by atoms with Crippen LogP contribution in [0.25, 0.3) is 0 Å². The van der Waals surface area contributed by atoms with E-state index < -0.39 is 0 Å². The van der Waals surface area contributed by atoms with Crippen molar-refractivity contribution in [1.82, 2.24) is 14.5 Å². The van der Waals surface area contributed by atoms with Crippen molar-refractivity contribution < 1.29 is 4.79 Å². The Morgan fingerprint density at radius 1 is 1.26 bits per heavy atom. The van der Waals surface area contributed by atoms with Crippen LogP contribution in [0.2, 0.25) is 5.02 Å². The van der Waals surface area contributed by atoms with Gasteiger partial charge in [-0.3, -0.25) is 9.78 Å². The van der Waals surface area contributed by atoms with E-state index in [2.05, 4.69) is 25.9 Å². The van der Waals surface area contributed by atoms with Gasteiger partial charge in [0.2, 0.25) is 0 Å². The van der Waals surface area contributed by atoms with Gasteiger partial charge in [-0.05, 0) is 39.7 Å². The van der Waals surface area contributed by atoms with Crippen LogP contribution >= 0.6 is 27.5 Å². The molecule has 1 aromatic carbocycles. The van der Waals surface area contributed by atoms with Crippen molar-refractivity contribution in [3.63, 3.8) is 0 Å². The molecule has 0 saturated heterocycles. The standard InChI is InChI=1S/C17H13BrClN3O/c18-14-5-13(7-20-8-14)17(23)6-16-10-22(11-21-16)9-12-2-1-3-15(19)4-12/h1-5,7-8,10-11H,6,9H2. The number of carbonyl (C=O) groups is 1. The van der Waals surface area contributed by atoms with Crippen LogP contribution in [0.3, 0.4) is 0 Å². The maximum Gasteiger partial charge on any atom is 0.170 e. The molecule has 3 rings (SSSR count). The lowest BCUT2D eigenvalue weighted by Crippen LogP contribution is -2.04. The second-order valence-corrected chi connectivity index (χ2v) is 6.51. The van der Waals surface area contributed by atoms with Crippen molar-refractivity contribution >= 4 is 33.3 Å². The molecule has 23 heavy (non-hydrogen) atoms. The van der Waals surface area contributed by atoms with Gasteiger partial charge in [-0.25, -0.2) is 4.98 Å². The Kier molecular flexibility index (Phi) is 4.88. The monoisotopic (exact) mass is 389 g/mol. The maximum absolute atomic E-state index is 12.3. The first kappa shape index (κ1) is 15.9. The summed E-state index contributed by atoms with van der Waals surface area (Å²) >= 11 is 9.30. The number of carbonyl (C=O) groups excluding carboxylic acids is 1. The first-order valence-corrected chi connectivity index (χ1v) is 8.16. The minimum absolute atomic E-state index is 0.00759. The molecule has 0 amide bonds. The highest BCUT2D eigenvalue weighted by Crippen LogP contribution is 2.14. The average Bonchev–Trinajstić information content (AvgIpc) is 2.94. The topological polar surface area (TPSA) is 47.8 Å². The van der Waals surface area contributed by atoms with Crippen LogP contribution in [0.1, 0.15) is 21.6 Å². The molecule has 3 aromatic rings. The highest BCUT2D eigenvalue weighted by atomic mass is 79.9. The van der Waals surface area contributed by atoms with E-state index in [1.54, 1.807) is 24.8 Å². The van der Waals surface area contributed by atoms with Crippen molar-refractivity contribution in [3.8, 4) is 0 Å². The number of pyridine rings is 1. The van der Waals surface area contributed by atoms with Gasteiger partial charge in [0.15, 0.2) is 5.78 Å². The third-order valence-corrected chi connectivity index (χ3v) is 3.98. The van der Waals surface area contributed by atoms with Gasteiger partial charge in [0.1, 0.15) is 0 Å². The van der Waals surface area contributed by atoms with Crippen molar-refractivity contribution in [1.29, 1.82) is 0 Å². The lowest BCUT2D eigenvalue weighted by atomic mass is 10.1. The van der Waals surface area contributed by atoms with Gasteiger partial charge in [-0.1, -0.05) is 23.7 Å². The second-order valence-electron chi connectivity index (χ2n) is 5.16. The number of nitrogens with zero attached hydrogens (tertiary/aromatic N) is 3. The highest BCUT2D eigenvalue weighted by molar-refractivity contribution is 9.10. The summed E-state index contributed by atoms with van der Waals surface area (Å²) in [5, 5.41) is 0.708. The van der Waals surface area contributed by atoms with Crippen LogP contribution in [-0.4, -0.2) is 20.3 Å². The number of halogens is 2. The highest BCUT2D eigenvalue weighted by Gasteiger charge is 2.10. The predicted molar refractivity (Wildman–Crippen MR) is 92.8 cm³/mol. The zero-order valence-electron chi connectivity index (χ0n) is 12.1. The van der Waals surface area contributed by atoms with E-state index >= 15 is 0 Å². The number of rotatable bonds is 5. The number of hydrogen-bond donors (Lipinski definition) is 0. The third-order valence-electron chi connectivity index (χ3n) is 3.31. The maximum atomic E-state index is 12.3. The number of aromatic nitrogens is 3. The van der Waals surface area contributed by atoms with E-state index in [-0.39, 0.29) is 12.2 Å². The van der Waals surface area contributed by atoms with Gasteiger partial charge in [-0.2, -0.15) is 0 Å². The van der Waals surface area contributed by atoms with E-state index in [1.165, 1.54) is 0 Å². The smallest absolute Gasteiger partial charge is 0.170 e. The van der Waals surface area contributed by atoms with Crippen molar-refractivity contribution in [2.24, 2.45) is 0 Å². The quantitative estimate of drug-likeness (QED) is 0.614. The fourth-order valence-corrected chi connectivity index (χ4v) is 2.84. The Bertz CT molecular complexity index is 847. The van der Waals surface area contributed by atoms with Gasteiger partial charge >= 0.3 is 0 Å². The van der Waals surface area contributed by atoms with Crippen molar-refractivity contribution in [3.05, 3.63) is 81.6 Å². The van der Waals surface area contributed by atoms with Gasteiger partial charge < -0.3 is 4.57 Å². The molecule has 0 radical (unpaired) electrons. The second kappa shape index (κ2) is 7.06. The molecule has 0 aliphatic carbocycles. The van der Waals surface area contributed by atoms with Gasteiger partial charge in [0, 0.05) is 40.2 Å². The minimum Gasteiger partial charge on any atom is -0.333 e. The molecule has 116 valence electrons. The zero-order chi connectivity index (χ0) is 16.2. The number of hydrogen-bond acceptors (Lipinski definition) is 3. The summed E-state index contributed by atoms with van der Waals surface area (Å²) in [6.45, 7) is 0.667. The number of ketones is 1. The molecule has 4 nitrogen and oxygen atoms in total. The molecule has 0 bridgehead atoms. The third kappa shape index (κ3) is 4.27. The van der Waals surface area contributed by atoms with E-state index in [9.17, 15) is 4.79 Å². The summed E-state index contributed by atoms with van der Waals surface area (Å²) in [4.78, 5) is 20.6. The molecule has 0 spiro atoms. The van der Waals surface area contributed by atoms with Crippen molar-refractivity contribution in [2.75, 3.05) is 0 Å². The Hall–Kier alpha value is -1.98. The molecule has 0 unspecified atom stereocenters. The van der Waals surface area contributed by atoms with Crippen LogP contribution < -0.4 is 0 Å². The molecular weight excluding hydrogens is 378 g/mol. The number of Topliss-reactive ketones (excluding diaryl/α,β-unsaturated/α-hetero) is 1. The Labute approximate surface area is 147 Å². The summed E-state index contributed by atoms with van der Waals surface area (Å²) in [6, 6.07) is 9.44. The molecule has 2 aromatic heterocycles. The zero-order valence-corrected chi connectivity index (χ0v) is 14.5. The largest absolute Gasteiger partial charge is 0.333 e. The summed E-state index contributed by atoms with van der Waals surface area (Å²) < 4.78 is 2.72. The molecule has 0 atom stereocenters. The van der Waals surface area contributed by atoms with Crippen molar-refractivity contribution in [2.45, 2.75) is 13.0 Å². The van der Waals surface area contributed by atoms with Crippen LogP contribution in [0.4, 0.5) is 0 Å². The van der Waals surface area contributed by atoms with Gasteiger partial charge in [0.05, 0.1) is 18.4 Å². The summed E-state index contributed by atoms with van der Waals surface area (Å²) in [7, 11) is 0. The Morgan fingerprint density at radius 2 is 2.13 bits per heavy atom. The minimum atomic E-state index is -0.00759. The van der Waals surface area contributed by atoms with Crippen LogP contribution in [0.15, 0.2) is 59.7 Å². The summed E-state index contributed by atoms with van der Waals surface area (Å²) in [6.07, 6.45) is 7.07. The summed E-state index contributed by atoms with van der Waals surface area (Å²) in [5.41, 5.74) is 2.39. The number of imidazole rings is 1. The Morgan fingerprint density at radius 3 is 2.91 bits per heavy atom. The average molecular weight is 391 g/mol. The normalized spacial score (nSPS) is 10.7. The van der Waals surface area contributed by atoms with E-state index in [0.717, 1.165) is 15.7 Å². The number of benzene rings is 1. The van der Waals surface area contributed by atoms with Crippen LogP contribution in [-0.2, 0) is 13.0 Å².